The van der Waals surface area contributed by atoms with Crippen LogP contribution in [0.4, 0.5) is 10.1 Å². The average molecular weight is 295 g/mol. The normalized spacial score (nSPS) is 22.1. The molecule has 0 aliphatic carbocycles. The molecule has 0 aromatic heterocycles. The summed E-state index contributed by atoms with van der Waals surface area (Å²) in [6.07, 6.45) is 0.788. The van der Waals surface area contributed by atoms with E-state index in [0.29, 0.717) is 25.6 Å². The summed E-state index contributed by atoms with van der Waals surface area (Å²) in [7, 11) is 0. The number of halogens is 1. The van der Waals surface area contributed by atoms with Crippen molar-refractivity contribution in [3.05, 3.63) is 39.7 Å². The van der Waals surface area contributed by atoms with Crippen LogP contribution in [-0.2, 0) is 0 Å². The van der Waals surface area contributed by atoms with E-state index in [-0.39, 0.29) is 17.2 Å². The van der Waals surface area contributed by atoms with Gasteiger partial charge in [-0.1, -0.05) is 6.92 Å². The van der Waals surface area contributed by atoms with Gasteiger partial charge in [0.2, 0.25) is 0 Å². The number of piperidine rings is 1. The van der Waals surface area contributed by atoms with Crippen molar-refractivity contribution in [1.82, 2.24) is 4.90 Å². The fraction of sp³-hybridized carbons (Fsp3) is 0.500. The molecule has 0 spiro atoms. The number of rotatable bonds is 3. The number of nitro benzene ring substituents is 1. The number of hydrogen-bond acceptors (Lipinski definition) is 4. The number of nitrogens with zero attached hydrogens (tertiary/aromatic N) is 2. The van der Waals surface area contributed by atoms with E-state index in [2.05, 4.69) is 6.92 Å². The second-order valence-corrected chi connectivity index (χ2v) is 5.43. The first-order valence-corrected chi connectivity index (χ1v) is 6.87. The molecule has 2 rings (SSSR count). The molecule has 1 aromatic carbocycles. The van der Waals surface area contributed by atoms with Gasteiger partial charge in [-0.25, -0.2) is 4.39 Å². The van der Waals surface area contributed by atoms with E-state index >= 15 is 0 Å². The van der Waals surface area contributed by atoms with Crippen molar-refractivity contribution >= 4 is 11.6 Å². The van der Waals surface area contributed by atoms with Crippen molar-refractivity contribution in [2.75, 3.05) is 19.6 Å². The number of carbonyl (C=O) groups is 1. The highest BCUT2D eigenvalue weighted by Crippen LogP contribution is 2.26. The topological polar surface area (TPSA) is 89.5 Å². The highest BCUT2D eigenvalue weighted by molar-refractivity contribution is 5.98. The van der Waals surface area contributed by atoms with Gasteiger partial charge in [0.25, 0.3) is 11.6 Å². The van der Waals surface area contributed by atoms with Gasteiger partial charge in [-0.3, -0.25) is 14.9 Å². The third-order valence-corrected chi connectivity index (χ3v) is 4.09. The van der Waals surface area contributed by atoms with Gasteiger partial charge in [-0.2, -0.15) is 0 Å². The van der Waals surface area contributed by atoms with E-state index in [1.54, 1.807) is 0 Å². The van der Waals surface area contributed by atoms with Crippen molar-refractivity contribution in [3.8, 4) is 0 Å². The number of nitro groups is 1. The third kappa shape index (κ3) is 3.18. The molecule has 2 N–H and O–H groups in total. The second-order valence-electron chi connectivity index (χ2n) is 5.43. The molecule has 1 aliphatic rings. The van der Waals surface area contributed by atoms with Crippen LogP contribution in [-0.4, -0.2) is 35.4 Å². The Hall–Kier alpha value is -2.02. The first-order valence-electron chi connectivity index (χ1n) is 6.87. The molecule has 0 bridgehead atoms. The minimum absolute atomic E-state index is 0.162. The Labute approximate surface area is 121 Å². The lowest BCUT2D eigenvalue weighted by molar-refractivity contribution is -0.385. The Kier molecular flexibility index (Phi) is 4.52. The van der Waals surface area contributed by atoms with Crippen LogP contribution in [0.5, 0.6) is 0 Å². The summed E-state index contributed by atoms with van der Waals surface area (Å²) < 4.78 is 13.3. The van der Waals surface area contributed by atoms with Gasteiger partial charge in [-0.05, 0) is 36.9 Å². The van der Waals surface area contributed by atoms with Crippen molar-refractivity contribution in [1.29, 1.82) is 0 Å². The number of likely N-dealkylation sites (tertiary alicyclic amines) is 1. The van der Waals surface area contributed by atoms with Crippen LogP contribution in [0.3, 0.4) is 0 Å². The van der Waals surface area contributed by atoms with E-state index in [1.165, 1.54) is 4.90 Å². The van der Waals surface area contributed by atoms with E-state index in [4.69, 9.17) is 5.73 Å². The Balaban J connectivity index is 2.28. The van der Waals surface area contributed by atoms with Crippen molar-refractivity contribution in [2.45, 2.75) is 13.3 Å². The molecule has 1 amide bonds. The zero-order valence-electron chi connectivity index (χ0n) is 11.8. The molecule has 2 atom stereocenters. The molecule has 0 saturated carbocycles. The summed E-state index contributed by atoms with van der Waals surface area (Å²) in [6, 6.07) is 2.93. The Morgan fingerprint density at radius 2 is 2.29 bits per heavy atom. The standard InChI is InChI=1S/C14H18FN3O3/c1-9-4-5-17(8-10(9)7-16)14(19)12-6-11(15)2-3-13(12)18(20)21/h2-3,6,9-10H,4-5,7-8,16H2,1H3. The number of nitrogens with two attached hydrogens (primary N) is 1. The molecule has 1 aliphatic heterocycles. The minimum atomic E-state index is -0.667. The van der Waals surface area contributed by atoms with E-state index in [1.807, 2.05) is 0 Å². The third-order valence-electron chi connectivity index (χ3n) is 4.09. The largest absolute Gasteiger partial charge is 0.338 e. The van der Waals surface area contributed by atoms with Crippen molar-refractivity contribution in [3.63, 3.8) is 0 Å². The molecule has 2 unspecified atom stereocenters. The summed E-state index contributed by atoms with van der Waals surface area (Å²) >= 11 is 0. The summed E-state index contributed by atoms with van der Waals surface area (Å²) in [6.45, 7) is 3.48. The lowest BCUT2D eigenvalue weighted by Gasteiger charge is -2.36. The minimum Gasteiger partial charge on any atom is -0.338 e. The van der Waals surface area contributed by atoms with Crippen LogP contribution in [0.25, 0.3) is 0 Å². The highest BCUT2D eigenvalue weighted by Gasteiger charge is 2.31. The van der Waals surface area contributed by atoms with Gasteiger partial charge in [-0.15, -0.1) is 0 Å². The first kappa shape index (κ1) is 15.4. The summed E-state index contributed by atoms with van der Waals surface area (Å²) in [4.78, 5) is 24.3. The monoisotopic (exact) mass is 295 g/mol. The van der Waals surface area contributed by atoms with Gasteiger partial charge in [0.05, 0.1) is 4.92 Å². The van der Waals surface area contributed by atoms with Crippen LogP contribution >= 0.6 is 0 Å². The van der Waals surface area contributed by atoms with Crippen molar-refractivity contribution in [2.24, 2.45) is 17.6 Å². The molecule has 1 aromatic rings. The second kappa shape index (κ2) is 6.17. The number of carbonyl (C=O) groups excluding carboxylic acids is 1. The molecule has 1 fully saturated rings. The summed E-state index contributed by atoms with van der Waals surface area (Å²) in [5.41, 5.74) is 5.12. The Bertz CT molecular complexity index is 564. The SMILES string of the molecule is CC1CCN(C(=O)c2cc(F)ccc2[N+](=O)[O-])CC1CN. The number of hydrogen-bond donors (Lipinski definition) is 1. The average Bonchev–Trinajstić information content (AvgIpc) is 2.46. The molecule has 114 valence electrons. The first-order chi connectivity index (χ1) is 9.93. The Morgan fingerprint density at radius 3 is 2.90 bits per heavy atom. The van der Waals surface area contributed by atoms with Gasteiger partial charge in [0.15, 0.2) is 0 Å². The maximum atomic E-state index is 13.3. The van der Waals surface area contributed by atoms with Gasteiger partial charge in [0, 0.05) is 19.2 Å². The van der Waals surface area contributed by atoms with E-state index in [0.717, 1.165) is 24.6 Å². The summed E-state index contributed by atoms with van der Waals surface area (Å²) in [5, 5.41) is 11.0. The van der Waals surface area contributed by atoms with Crippen LogP contribution in [0.1, 0.15) is 23.7 Å². The molecule has 0 radical (unpaired) electrons. The predicted octanol–water partition coefficient (Wildman–Crippen LogP) is 1.79. The quantitative estimate of drug-likeness (QED) is 0.680. The lowest BCUT2D eigenvalue weighted by Crippen LogP contribution is -2.45. The molecular weight excluding hydrogens is 277 g/mol. The molecule has 7 heteroatoms. The smallest absolute Gasteiger partial charge is 0.282 e. The van der Waals surface area contributed by atoms with Gasteiger partial charge < -0.3 is 10.6 Å². The van der Waals surface area contributed by atoms with E-state index < -0.39 is 16.6 Å². The maximum absolute atomic E-state index is 13.3. The molecule has 21 heavy (non-hydrogen) atoms. The number of benzene rings is 1. The van der Waals surface area contributed by atoms with Gasteiger partial charge in [0.1, 0.15) is 11.4 Å². The van der Waals surface area contributed by atoms with E-state index in [9.17, 15) is 19.3 Å². The molecule has 1 saturated heterocycles. The van der Waals surface area contributed by atoms with Crippen LogP contribution in [0, 0.1) is 27.8 Å². The molecular formula is C14H18FN3O3. The Morgan fingerprint density at radius 1 is 1.57 bits per heavy atom. The zero-order valence-corrected chi connectivity index (χ0v) is 11.8. The lowest BCUT2D eigenvalue weighted by atomic mass is 9.87. The number of amides is 1. The molecule has 1 heterocycles. The fourth-order valence-corrected chi connectivity index (χ4v) is 2.65. The van der Waals surface area contributed by atoms with Gasteiger partial charge >= 0.3 is 0 Å². The fourth-order valence-electron chi connectivity index (χ4n) is 2.65. The maximum Gasteiger partial charge on any atom is 0.282 e. The van der Waals surface area contributed by atoms with Crippen LogP contribution in [0.15, 0.2) is 18.2 Å². The van der Waals surface area contributed by atoms with Crippen LogP contribution in [0.2, 0.25) is 0 Å². The van der Waals surface area contributed by atoms with Crippen molar-refractivity contribution < 1.29 is 14.1 Å². The predicted molar refractivity (Wildman–Crippen MR) is 75.3 cm³/mol. The molecule has 6 nitrogen and oxygen atoms in total. The zero-order chi connectivity index (χ0) is 15.6. The highest BCUT2D eigenvalue weighted by atomic mass is 19.1. The summed E-state index contributed by atoms with van der Waals surface area (Å²) in [5.74, 6) is -0.604. The van der Waals surface area contributed by atoms with Crippen LogP contribution < -0.4 is 5.73 Å².